The van der Waals surface area contributed by atoms with E-state index < -0.39 is 11.9 Å². The van der Waals surface area contributed by atoms with Crippen molar-refractivity contribution in [3.8, 4) is 11.6 Å². The second-order valence-corrected chi connectivity index (χ2v) is 11.0. The second kappa shape index (κ2) is 13.1. The molecule has 0 unspecified atom stereocenters. The Morgan fingerprint density at radius 1 is 1.19 bits per heavy atom. The van der Waals surface area contributed by atoms with Gasteiger partial charge in [0.25, 0.3) is 5.91 Å². The molecular formula is C30H36FN7O4. The molecule has 2 aliphatic heterocycles. The van der Waals surface area contributed by atoms with Gasteiger partial charge in [0.1, 0.15) is 17.4 Å². The Balaban J connectivity index is 1.39. The molecule has 0 spiro atoms. The molecule has 222 valence electrons. The molecule has 1 fully saturated rings. The van der Waals surface area contributed by atoms with Gasteiger partial charge in [-0.3, -0.25) is 14.4 Å². The van der Waals surface area contributed by atoms with E-state index in [-0.39, 0.29) is 47.3 Å². The van der Waals surface area contributed by atoms with E-state index in [9.17, 15) is 18.8 Å². The average Bonchev–Trinajstić information content (AvgIpc) is 3.46. The monoisotopic (exact) mass is 577 g/mol. The fourth-order valence-electron chi connectivity index (χ4n) is 5.68. The fraction of sp³-hybridized carbons (Fsp3) is 0.467. The molecule has 0 aliphatic carbocycles. The number of piperidine rings is 1. The number of aromatic nitrogens is 4. The number of pyridine rings is 1. The van der Waals surface area contributed by atoms with Crippen LogP contribution in [0.1, 0.15) is 48.7 Å². The Bertz CT molecular complexity index is 1410. The molecule has 2 bridgehead atoms. The number of rotatable bonds is 7. The molecule has 3 aromatic rings. The summed E-state index contributed by atoms with van der Waals surface area (Å²) in [5, 5.41) is 11.2. The summed E-state index contributed by atoms with van der Waals surface area (Å²) in [6.07, 6.45) is 5.93. The lowest BCUT2D eigenvalue weighted by Gasteiger charge is -2.40. The Hall–Kier alpha value is -4.35. The Morgan fingerprint density at radius 3 is 2.79 bits per heavy atom. The number of hydrogen-bond donors (Lipinski definition) is 1. The largest absolute Gasteiger partial charge is 0.477 e. The van der Waals surface area contributed by atoms with E-state index in [0.29, 0.717) is 56.9 Å². The van der Waals surface area contributed by atoms with E-state index in [1.165, 1.54) is 16.8 Å². The van der Waals surface area contributed by atoms with Crippen LogP contribution in [0.4, 0.5) is 4.39 Å². The molecule has 1 N–H and O–H groups in total. The van der Waals surface area contributed by atoms with Crippen molar-refractivity contribution in [2.45, 2.75) is 45.1 Å². The van der Waals surface area contributed by atoms with E-state index in [1.807, 2.05) is 14.0 Å². The first-order valence-electron chi connectivity index (χ1n) is 14.4. The lowest BCUT2D eigenvalue weighted by atomic mass is 9.80. The van der Waals surface area contributed by atoms with Crippen LogP contribution in [0.25, 0.3) is 5.69 Å². The highest BCUT2D eigenvalue weighted by molar-refractivity contribution is 5.99. The van der Waals surface area contributed by atoms with Gasteiger partial charge in [-0.1, -0.05) is 12.1 Å². The summed E-state index contributed by atoms with van der Waals surface area (Å²) in [5.74, 6) is -0.590. The molecule has 1 saturated heterocycles. The lowest BCUT2D eigenvalue weighted by molar-refractivity contribution is -0.137. The zero-order valence-corrected chi connectivity index (χ0v) is 23.9. The van der Waals surface area contributed by atoms with Crippen molar-refractivity contribution in [3.63, 3.8) is 0 Å². The van der Waals surface area contributed by atoms with E-state index in [1.54, 1.807) is 46.5 Å². The minimum atomic E-state index is -0.919. The van der Waals surface area contributed by atoms with E-state index in [4.69, 9.17) is 4.74 Å². The summed E-state index contributed by atoms with van der Waals surface area (Å²) in [5.41, 5.74) is 1.34. The summed E-state index contributed by atoms with van der Waals surface area (Å²) in [6, 6.07) is 8.16. The van der Waals surface area contributed by atoms with Crippen LogP contribution in [-0.4, -0.2) is 86.8 Å². The Kier molecular flexibility index (Phi) is 9.09. The van der Waals surface area contributed by atoms with Crippen LogP contribution in [0, 0.1) is 17.7 Å². The number of nitrogens with zero attached hydrogens (tertiary/aromatic N) is 6. The van der Waals surface area contributed by atoms with Gasteiger partial charge in [0.2, 0.25) is 17.7 Å². The maximum Gasteiger partial charge on any atom is 0.257 e. The summed E-state index contributed by atoms with van der Waals surface area (Å²) in [4.78, 5) is 48.1. The molecule has 0 radical (unpaired) electrons. The number of amides is 3. The van der Waals surface area contributed by atoms with Gasteiger partial charge in [0.15, 0.2) is 0 Å². The average molecular weight is 578 g/mol. The molecule has 2 aromatic heterocycles. The van der Waals surface area contributed by atoms with Gasteiger partial charge in [-0.2, -0.15) is 0 Å². The first kappa shape index (κ1) is 29.2. The SMILES string of the molecule is CCCN(C)C(=O)C[C@@H]1CCN2C[C@@H]1CCOc1ncccc1C(=O)N[C@H](Cc1cn(-c3ccc(F)cc3)nn1)C2=O. The molecule has 42 heavy (non-hydrogen) atoms. The maximum atomic E-state index is 14.0. The standard InChI is InChI=1S/C30H36FN7O4/c1-3-13-36(2)27(39)16-20-10-14-37-18-21(20)11-15-42-29-25(5-4-12-32-29)28(40)33-26(30(37)41)17-23-19-38(35-34-23)24-8-6-22(31)7-9-24/h4-9,12,19-21,26H,3,10-11,13-18H2,1-2H3,(H,33,40)/t20-,21-,26+/m0/s1. The Morgan fingerprint density at radius 2 is 2.00 bits per heavy atom. The zero-order chi connectivity index (χ0) is 29.6. The second-order valence-electron chi connectivity index (χ2n) is 11.0. The van der Waals surface area contributed by atoms with Crippen LogP contribution in [0.15, 0.2) is 48.8 Å². The molecule has 0 saturated carbocycles. The fourth-order valence-corrected chi connectivity index (χ4v) is 5.68. The van der Waals surface area contributed by atoms with Crippen molar-refractivity contribution in [2.75, 3.05) is 33.3 Å². The quantitative estimate of drug-likeness (QED) is 0.458. The first-order valence-corrected chi connectivity index (χ1v) is 14.4. The van der Waals surface area contributed by atoms with Crippen molar-refractivity contribution in [1.82, 2.24) is 35.1 Å². The first-order chi connectivity index (χ1) is 20.3. The van der Waals surface area contributed by atoms with Crippen LogP contribution >= 0.6 is 0 Å². The highest BCUT2D eigenvalue weighted by Crippen LogP contribution is 2.31. The van der Waals surface area contributed by atoms with Crippen molar-refractivity contribution >= 4 is 17.7 Å². The molecule has 4 heterocycles. The number of benzene rings is 1. The van der Waals surface area contributed by atoms with Crippen molar-refractivity contribution < 1.29 is 23.5 Å². The molecule has 1 aromatic carbocycles. The molecule has 11 nitrogen and oxygen atoms in total. The van der Waals surface area contributed by atoms with Crippen LogP contribution < -0.4 is 10.1 Å². The van der Waals surface area contributed by atoms with Gasteiger partial charge >= 0.3 is 0 Å². The predicted molar refractivity (Wildman–Crippen MR) is 151 cm³/mol. The Labute approximate surface area is 244 Å². The van der Waals surface area contributed by atoms with Gasteiger partial charge in [-0.05, 0) is 67.5 Å². The number of carbonyl (C=O) groups excluding carboxylic acids is 3. The third-order valence-corrected chi connectivity index (χ3v) is 8.02. The van der Waals surface area contributed by atoms with Crippen LogP contribution in [0.3, 0.4) is 0 Å². The number of nitrogens with one attached hydrogen (secondary N) is 1. The van der Waals surface area contributed by atoms with Gasteiger partial charge in [-0.25, -0.2) is 14.1 Å². The smallest absolute Gasteiger partial charge is 0.257 e. The van der Waals surface area contributed by atoms with Crippen molar-refractivity contribution in [1.29, 1.82) is 0 Å². The minimum absolute atomic E-state index is 0.0453. The van der Waals surface area contributed by atoms with E-state index in [0.717, 1.165) is 6.42 Å². The van der Waals surface area contributed by atoms with Crippen LogP contribution in [-0.2, 0) is 16.0 Å². The number of carbonyl (C=O) groups is 3. The van der Waals surface area contributed by atoms with Crippen LogP contribution in [0.2, 0.25) is 0 Å². The minimum Gasteiger partial charge on any atom is -0.477 e. The molecule has 2 aliphatic rings. The normalized spacial score (nSPS) is 20.9. The number of halogens is 1. The molecule has 5 rings (SSSR count). The third kappa shape index (κ3) is 6.75. The maximum absolute atomic E-state index is 14.0. The van der Waals surface area contributed by atoms with Gasteiger partial charge < -0.3 is 19.9 Å². The van der Waals surface area contributed by atoms with E-state index in [2.05, 4.69) is 20.6 Å². The predicted octanol–water partition coefficient (Wildman–Crippen LogP) is 2.65. The van der Waals surface area contributed by atoms with Crippen molar-refractivity contribution in [2.24, 2.45) is 11.8 Å². The summed E-state index contributed by atoms with van der Waals surface area (Å²) < 4.78 is 20.9. The number of ether oxygens (including phenoxy) is 1. The summed E-state index contributed by atoms with van der Waals surface area (Å²) >= 11 is 0. The number of hydrogen-bond acceptors (Lipinski definition) is 7. The lowest BCUT2D eigenvalue weighted by Crippen LogP contribution is -2.54. The van der Waals surface area contributed by atoms with E-state index >= 15 is 0 Å². The molecule has 3 amide bonds. The topological polar surface area (TPSA) is 123 Å². The van der Waals surface area contributed by atoms with Gasteiger partial charge in [0, 0.05) is 45.7 Å². The molecule has 12 heteroatoms. The van der Waals surface area contributed by atoms with Crippen LogP contribution in [0.5, 0.6) is 5.88 Å². The molecular weight excluding hydrogens is 541 g/mol. The zero-order valence-electron chi connectivity index (χ0n) is 23.9. The van der Waals surface area contributed by atoms with Crippen molar-refractivity contribution in [3.05, 3.63) is 65.9 Å². The highest BCUT2D eigenvalue weighted by Gasteiger charge is 2.37. The summed E-state index contributed by atoms with van der Waals surface area (Å²) in [7, 11) is 1.83. The molecule has 3 atom stereocenters. The summed E-state index contributed by atoms with van der Waals surface area (Å²) in [6.45, 7) is 4.01. The highest BCUT2D eigenvalue weighted by atomic mass is 19.1. The third-order valence-electron chi connectivity index (χ3n) is 8.02. The number of fused-ring (bicyclic) bond motifs is 3. The van der Waals surface area contributed by atoms with Gasteiger partial charge in [-0.15, -0.1) is 5.10 Å². The van der Waals surface area contributed by atoms with Gasteiger partial charge in [0.05, 0.1) is 24.2 Å².